The summed E-state index contributed by atoms with van der Waals surface area (Å²) in [5.74, 6) is 0.738. The molecule has 1 N–H and O–H groups in total. The molecule has 4 nitrogen and oxygen atoms in total. The normalized spacial score (nSPS) is 17.9. The molecule has 0 aliphatic carbocycles. The first-order valence-corrected chi connectivity index (χ1v) is 5.32. The Balaban J connectivity index is 2.11. The minimum Gasteiger partial charge on any atom is -0.496 e. The predicted octanol–water partition coefficient (Wildman–Crippen LogP) is 1.14. The number of aliphatic hydroxyl groups excluding tert-OH is 1. The molecule has 4 heteroatoms. The summed E-state index contributed by atoms with van der Waals surface area (Å²) in [4.78, 5) is 0. The molecule has 1 aliphatic rings. The Labute approximate surface area is 94.8 Å². The van der Waals surface area contributed by atoms with Crippen molar-refractivity contribution in [1.29, 1.82) is 0 Å². The molecule has 0 aromatic heterocycles. The first-order valence-electron chi connectivity index (χ1n) is 5.32. The number of rotatable bonds is 5. The Morgan fingerprint density at radius 1 is 1.44 bits per heavy atom. The largest absolute Gasteiger partial charge is 0.496 e. The number of para-hydroxylation sites is 1. The number of hydrogen-bond acceptors (Lipinski definition) is 4. The van der Waals surface area contributed by atoms with Crippen molar-refractivity contribution in [2.45, 2.75) is 12.2 Å². The molecule has 0 radical (unpaired) electrons. The van der Waals surface area contributed by atoms with Crippen molar-refractivity contribution in [1.82, 2.24) is 0 Å². The van der Waals surface area contributed by atoms with Gasteiger partial charge in [0.15, 0.2) is 0 Å². The van der Waals surface area contributed by atoms with E-state index in [1.807, 2.05) is 24.3 Å². The van der Waals surface area contributed by atoms with Gasteiger partial charge in [-0.2, -0.15) is 0 Å². The summed E-state index contributed by atoms with van der Waals surface area (Å²) in [7, 11) is 1.61. The highest BCUT2D eigenvalue weighted by atomic mass is 16.6. The van der Waals surface area contributed by atoms with Gasteiger partial charge in [0.05, 0.1) is 26.9 Å². The summed E-state index contributed by atoms with van der Waals surface area (Å²) in [6.45, 7) is 1.15. The van der Waals surface area contributed by atoms with E-state index in [4.69, 9.17) is 14.2 Å². The van der Waals surface area contributed by atoms with E-state index in [9.17, 15) is 5.11 Å². The van der Waals surface area contributed by atoms with Crippen LogP contribution in [0.5, 0.6) is 5.75 Å². The monoisotopic (exact) mass is 224 g/mol. The van der Waals surface area contributed by atoms with E-state index in [1.54, 1.807) is 7.11 Å². The van der Waals surface area contributed by atoms with E-state index in [0.29, 0.717) is 13.2 Å². The Hall–Kier alpha value is -1.10. The molecule has 1 aromatic carbocycles. The number of aliphatic hydroxyl groups is 1. The summed E-state index contributed by atoms with van der Waals surface area (Å²) >= 11 is 0. The fourth-order valence-electron chi connectivity index (χ4n) is 1.67. The van der Waals surface area contributed by atoms with E-state index in [-0.39, 0.29) is 18.8 Å². The van der Waals surface area contributed by atoms with Crippen molar-refractivity contribution in [2.75, 3.05) is 26.9 Å². The average Bonchev–Trinajstić information content (AvgIpc) is 2.28. The van der Waals surface area contributed by atoms with Crippen molar-refractivity contribution < 1.29 is 19.3 Å². The standard InChI is InChI=1S/C12H16O4/c1-14-11-5-3-2-4-10(11)12(6-13)16-9-7-15-8-9/h2-5,9,12-13H,6-8H2,1H3. The zero-order valence-electron chi connectivity index (χ0n) is 9.26. The summed E-state index contributed by atoms with van der Waals surface area (Å²) < 4.78 is 16.0. The van der Waals surface area contributed by atoms with Gasteiger partial charge in [0, 0.05) is 5.56 Å². The van der Waals surface area contributed by atoms with Crippen LogP contribution in [0.4, 0.5) is 0 Å². The topological polar surface area (TPSA) is 47.9 Å². The molecule has 88 valence electrons. The lowest BCUT2D eigenvalue weighted by Crippen LogP contribution is -2.37. The lowest BCUT2D eigenvalue weighted by Gasteiger charge is -2.30. The summed E-state index contributed by atoms with van der Waals surface area (Å²) in [6, 6.07) is 7.56. The van der Waals surface area contributed by atoms with Gasteiger partial charge in [-0.05, 0) is 6.07 Å². The van der Waals surface area contributed by atoms with Crippen LogP contribution in [0, 0.1) is 0 Å². The van der Waals surface area contributed by atoms with Crippen LogP contribution in [0.25, 0.3) is 0 Å². The maximum atomic E-state index is 9.35. The predicted molar refractivity (Wildman–Crippen MR) is 58.5 cm³/mol. The Morgan fingerprint density at radius 2 is 2.19 bits per heavy atom. The number of methoxy groups -OCH3 is 1. The van der Waals surface area contributed by atoms with Crippen molar-refractivity contribution in [2.24, 2.45) is 0 Å². The molecule has 0 bridgehead atoms. The third-order valence-electron chi connectivity index (χ3n) is 2.62. The van der Waals surface area contributed by atoms with Gasteiger partial charge in [-0.15, -0.1) is 0 Å². The van der Waals surface area contributed by atoms with Crippen LogP contribution in [0.15, 0.2) is 24.3 Å². The van der Waals surface area contributed by atoms with Gasteiger partial charge in [-0.25, -0.2) is 0 Å². The maximum absolute atomic E-state index is 9.35. The van der Waals surface area contributed by atoms with Gasteiger partial charge in [0.25, 0.3) is 0 Å². The molecule has 16 heavy (non-hydrogen) atoms. The highest BCUT2D eigenvalue weighted by molar-refractivity contribution is 5.35. The molecule has 1 unspecified atom stereocenters. The van der Waals surface area contributed by atoms with Gasteiger partial charge in [-0.3, -0.25) is 0 Å². The average molecular weight is 224 g/mol. The van der Waals surface area contributed by atoms with Crippen LogP contribution >= 0.6 is 0 Å². The first kappa shape index (κ1) is 11.4. The van der Waals surface area contributed by atoms with Gasteiger partial charge >= 0.3 is 0 Å². The number of hydrogen-bond donors (Lipinski definition) is 1. The van der Waals surface area contributed by atoms with Crippen LogP contribution in [0.2, 0.25) is 0 Å². The zero-order valence-corrected chi connectivity index (χ0v) is 9.26. The summed E-state index contributed by atoms with van der Waals surface area (Å²) in [5.41, 5.74) is 0.874. The molecule has 0 spiro atoms. The highest BCUT2D eigenvalue weighted by Gasteiger charge is 2.25. The Bertz CT molecular complexity index is 336. The van der Waals surface area contributed by atoms with Gasteiger partial charge in [-0.1, -0.05) is 18.2 Å². The lowest BCUT2D eigenvalue weighted by atomic mass is 10.1. The van der Waals surface area contributed by atoms with E-state index in [1.165, 1.54) is 0 Å². The van der Waals surface area contributed by atoms with Gasteiger partial charge in [0.2, 0.25) is 0 Å². The molecular formula is C12H16O4. The molecule has 2 rings (SSSR count). The Morgan fingerprint density at radius 3 is 2.75 bits per heavy atom. The van der Waals surface area contributed by atoms with Gasteiger partial charge < -0.3 is 19.3 Å². The molecule has 1 aliphatic heterocycles. The zero-order chi connectivity index (χ0) is 11.4. The van der Waals surface area contributed by atoms with E-state index < -0.39 is 0 Å². The van der Waals surface area contributed by atoms with Crippen molar-refractivity contribution in [3.05, 3.63) is 29.8 Å². The van der Waals surface area contributed by atoms with Crippen molar-refractivity contribution in [3.8, 4) is 5.75 Å². The van der Waals surface area contributed by atoms with Crippen LogP contribution < -0.4 is 4.74 Å². The first-order chi connectivity index (χ1) is 7.85. The van der Waals surface area contributed by atoms with Crippen LogP contribution in [0.1, 0.15) is 11.7 Å². The molecule has 1 heterocycles. The third-order valence-corrected chi connectivity index (χ3v) is 2.62. The van der Waals surface area contributed by atoms with Gasteiger partial charge in [0.1, 0.15) is 18.0 Å². The Kier molecular flexibility index (Phi) is 3.77. The minimum absolute atomic E-state index is 0.0587. The van der Waals surface area contributed by atoms with Crippen molar-refractivity contribution >= 4 is 0 Å². The second kappa shape index (κ2) is 5.30. The van der Waals surface area contributed by atoms with Crippen molar-refractivity contribution in [3.63, 3.8) is 0 Å². The summed E-state index contributed by atoms with van der Waals surface area (Å²) in [6.07, 6.45) is -0.257. The fraction of sp³-hybridized carbons (Fsp3) is 0.500. The van der Waals surface area contributed by atoms with Crippen LogP contribution in [-0.2, 0) is 9.47 Å². The fourth-order valence-corrected chi connectivity index (χ4v) is 1.67. The molecular weight excluding hydrogens is 208 g/mol. The second-order valence-corrected chi connectivity index (χ2v) is 3.71. The van der Waals surface area contributed by atoms with Crippen LogP contribution in [-0.4, -0.2) is 38.1 Å². The molecule has 0 saturated carbocycles. The van der Waals surface area contributed by atoms with Crippen LogP contribution in [0.3, 0.4) is 0 Å². The van der Waals surface area contributed by atoms with E-state index >= 15 is 0 Å². The smallest absolute Gasteiger partial charge is 0.124 e. The number of benzene rings is 1. The third kappa shape index (κ3) is 2.35. The maximum Gasteiger partial charge on any atom is 0.124 e. The van der Waals surface area contributed by atoms with E-state index in [0.717, 1.165) is 11.3 Å². The second-order valence-electron chi connectivity index (χ2n) is 3.71. The number of ether oxygens (including phenoxy) is 3. The summed E-state index contributed by atoms with van der Waals surface area (Å²) in [5, 5.41) is 9.35. The quantitative estimate of drug-likeness (QED) is 0.815. The molecule has 1 aromatic rings. The van der Waals surface area contributed by atoms with E-state index in [2.05, 4.69) is 0 Å². The SMILES string of the molecule is COc1ccccc1C(CO)OC1COC1. The molecule has 1 saturated heterocycles. The highest BCUT2D eigenvalue weighted by Crippen LogP contribution is 2.29. The lowest BCUT2D eigenvalue weighted by molar-refractivity contribution is -0.163. The molecule has 1 atom stereocenters. The minimum atomic E-state index is -0.343. The molecule has 0 amide bonds. The molecule has 1 fully saturated rings.